The molecule has 4 nitrogen and oxygen atoms in total. The van der Waals surface area contributed by atoms with Gasteiger partial charge >= 0.3 is 0 Å². The number of hydrogen-bond acceptors (Lipinski definition) is 2. The summed E-state index contributed by atoms with van der Waals surface area (Å²) in [6, 6.07) is 9.95. The van der Waals surface area contributed by atoms with Crippen LogP contribution in [0.5, 0.6) is 0 Å². The van der Waals surface area contributed by atoms with Gasteiger partial charge in [-0.25, -0.2) is 17.5 Å². The van der Waals surface area contributed by atoms with Crippen LogP contribution in [-0.2, 0) is 11.2 Å². The molecular formula is C13H17N3OS. The van der Waals surface area contributed by atoms with Gasteiger partial charge in [-0.1, -0.05) is 30.3 Å². The summed E-state index contributed by atoms with van der Waals surface area (Å²) in [6.07, 6.45) is 0. The van der Waals surface area contributed by atoms with Crippen molar-refractivity contribution in [3.8, 4) is 11.3 Å². The fourth-order valence-electron chi connectivity index (χ4n) is 1.89. The molecular weight excluding hydrogens is 246 g/mol. The number of rotatable bonds is 3. The second kappa shape index (κ2) is 5.04. The zero-order chi connectivity index (χ0) is 13.3. The van der Waals surface area contributed by atoms with E-state index >= 15 is 0 Å². The Morgan fingerprint density at radius 2 is 1.78 bits per heavy atom. The van der Waals surface area contributed by atoms with E-state index in [9.17, 15) is 4.21 Å². The van der Waals surface area contributed by atoms with Crippen LogP contribution in [0.1, 0.15) is 11.5 Å². The standard InChI is InChI=1S/C13H17N3OS/c1-10-13(12-8-6-5-7-9-12)14-11(2)16(10)18(17)15(3)4/h5-9H,1-4H3. The molecule has 0 amide bonds. The van der Waals surface area contributed by atoms with E-state index in [-0.39, 0.29) is 0 Å². The molecule has 0 N–H and O–H groups in total. The average molecular weight is 263 g/mol. The van der Waals surface area contributed by atoms with Gasteiger partial charge in [-0.3, -0.25) is 0 Å². The molecule has 1 atom stereocenters. The van der Waals surface area contributed by atoms with Crippen LogP contribution in [0.3, 0.4) is 0 Å². The monoisotopic (exact) mass is 263 g/mol. The van der Waals surface area contributed by atoms with E-state index in [1.54, 1.807) is 22.4 Å². The SMILES string of the molecule is Cc1nc(-c2ccccc2)c(C)n1S(=O)N(C)C. The van der Waals surface area contributed by atoms with Crippen LogP contribution in [-0.4, -0.2) is 31.6 Å². The van der Waals surface area contributed by atoms with Crippen molar-refractivity contribution in [2.24, 2.45) is 0 Å². The van der Waals surface area contributed by atoms with E-state index in [1.807, 2.05) is 44.2 Å². The lowest BCUT2D eigenvalue weighted by Crippen LogP contribution is -2.23. The predicted molar refractivity (Wildman–Crippen MR) is 74.4 cm³/mol. The number of aromatic nitrogens is 2. The zero-order valence-corrected chi connectivity index (χ0v) is 11.9. The Kier molecular flexibility index (Phi) is 3.63. The third-order valence-corrected chi connectivity index (χ3v) is 4.21. The molecule has 0 bridgehead atoms. The third-order valence-electron chi connectivity index (χ3n) is 2.73. The first-order chi connectivity index (χ1) is 8.52. The van der Waals surface area contributed by atoms with Gasteiger partial charge < -0.3 is 0 Å². The minimum Gasteiger partial charge on any atom is -0.236 e. The molecule has 1 aromatic carbocycles. The van der Waals surface area contributed by atoms with Crippen molar-refractivity contribution in [1.82, 2.24) is 13.3 Å². The molecule has 0 radical (unpaired) electrons. The zero-order valence-electron chi connectivity index (χ0n) is 11.0. The maximum Gasteiger partial charge on any atom is 0.203 e. The fourth-order valence-corrected chi connectivity index (χ4v) is 2.80. The molecule has 0 saturated carbocycles. The van der Waals surface area contributed by atoms with Crippen LogP contribution >= 0.6 is 0 Å². The largest absolute Gasteiger partial charge is 0.236 e. The molecule has 0 aliphatic rings. The summed E-state index contributed by atoms with van der Waals surface area (Å²) in [5, 5.41) is 0. The Balaban J connectivity index is 2.54. The van der Waals surface area contributed by atoms with Gasteiger partial charge in [-0.05, 0) is 13.8 Å². The molecule has 0 saturated heterocycles. The van der Waals surface area contributed by atoms with Crippen LogP contribution < -0.4 is 0 Å². The normalized spacial score (nSPS) is 12.9. The van der Waals surface area contributed by atoms with Gasteiger partial charge in [0.15, 0.2) is 0 Å². The van der Waals surface area contributed by atoms with Crippen LogP contribution in [0.15, 0.2) is 30.3 Å². The first-order valence-corrected chi connectivity index (χ1v) is 6.79. The van der Waals surface area contributed by atoms with Crippen LogP contribution in [0.25, 0.3) is 11.3 Å². The van der Waals surface area contributed by atoms with Gasteiger partial charge in [0.05, 0.1) is 11.4 Å². The minimum absolute atomic E-state index is 0.762. The predicted octanol–water partition coefficient (Wildman–Crippen LogP) is 2.16. The van der Waals surface area contributed by atoms with Gasteiger partial charge in [0, 0.05) is 19.7 Å². The van der Waals surface area contributed by atoms with E-state index in [0.29, 0.717) is 0 Å². The van der Waals surface area contributed by atoms with Crippen LogP contribution in [0, 0.1) is 13.8 Å². The van der Waals surface area contributed by atoms with Crippen molar-refractivity contribution in [2.45, 2.75) is 13.8 Å². The van der Waals surface area contributed by atoms with E-state index in [1.165, 1.54) is 0 Å². The van der Waals surface area contributed by atoms with Gasteiger partial charge in [0.25, 0.3) is 0 Å². The molecule has 1 unspecified atom stereocenters. The van der Waals surface area contributed by atoms with E-state index < -0.39 is 11.2 Å². The van der Waals surface area contributed by atoms with Crippen molar-refractivity contribution < 1.29 is 4.21 Å². The Morgan fingerprint density at radius 3 is 2.33 bits per heavy atom. The first-order valence-electron chi connectivity index (χ1n) is 5.73. The molecule has 2 aromatic rings. The highest BCUT2D eigenvalue weighted by atomic mass is 32.2. The Hall–Kier alpha value is -1.46. The fraction of sp³-hybridized carbons (Fsp3) is 0.308. The lowest BCUT2D eigenvalue weighted by atomic mass is 10.1. The molecule has 1 heterocycles. The van der Waals surface area contributed by atoms with E-state index in [4.69, 9.17) is 0 Å². The Morgan fingerprint density at radius 1 is 1.17 bits per heavy atom. The summed E-state index contributed by atoms with van der Waals surface area (Å²) in [5.74, 6) is 0.762. The minimum atomic E-state index is -1.22. The molecule has 0 spiro atoms. The molecule has 96 valence electrons. The highest BCUT2D eigenvalue weighted by Crippen LogP contribution is 2.23. The van der Waals surface area contributed by atoms with Gasteiger partial charge in [0.2, 0.25) is 11.2 Å². The summed E-state index contributed by atoms with van der Waals surface area (Å²) in [5.41, 5.74) is 2.86. The highest BCUT2D eigenvalue weighted by Gasteiger charge is 2.17. The molecule has 0 aliphatic heterocycles. The Labute approximate surface area is 110 Å². The van der Waals surface area contributed by atoms with Crippen LogP contribution in [0.2, 0.25) is 0 Å². The molecule has 0 aliphatic carbocycles. The second-order valence-electron chi connectivity index (χ2n) is 4.30. The number of aryl methyl sites for hydroxylation is 1. The number of imidazole rings is 1. The summed E-state index contributed by atoms with van der Waals surface area (Å²) >= 11 is -1.22. The van der Waals surface area contributed by atoms with Gasteiger partial charge in [0.1, 0.15) is 5.82 Å². The van der Waals surface area contributed by atoms with E-state index in [2.05, 4.69) is 4.98 Å². The van der Waals surface area contributed by atoms with Crippen LogP contribution in [0.4, 0.5) is 0 Å². The Bertz CT molecular complexity index is 575. The smallest absolute Gasteiger partial charge is 0.203 e. The molecule has 0 fully saturated rings. The number of nitrogens with zero attached hydrogens (tertiary/aromatic N) is 3. The van der Waals surface area contributed by atoms with Gasteiger partial charge in [-0.15, -0.1) is 0 Å². The number of hydrogen-bond donors (Lipinski definition) is 0. The first kappa shape index (κ1) is 13.0. The lowest BCUT2D eigenvalue weighted by molar-refractivity contribution is 0.591. The summed E-state index contributed by atoms with van der Waals surface area (Å²) in [7, 11) is 3.58. The quantitative estimate of drug-likeness (QED) is 0.851. The van der Waals surface area contributed by atoms with E-state index in [0.717, 1.165) is 22.8 Å². The van der Waals surface area contributed by atoms with Crippen molar-refractivity contribution >= 4 is 11.2 Å². The molecule has 1 aromatic heterocycles. The third kappa shape index (κ3) is 2.23. The van der Waals surface area contributed by atoms with Crippen molar-refractivity contribution in [1.29, 1.82) is 0 Å². The molecule has 18 heavy (non-hydrogen) atoms. The second-order valence-corrected chi connectivity index (χ2v) is 5.85. The molecule has 5 heteroatoms. The maximum atomic E-state index is 12.2. The number of benzene rings is 1. The summed E-state index contributed by atoms with van der Waals surface area (Å²) < 4.78 is 15.6. The summed E-state index contributed by atoms with van der Waals surface area (Å²) in [6.45, 7) is 3.82. The summed E-state index contributed by atoms with van der Waals surface area (Å²) in [4.78, 5) is 4.53. The average Bonchev–Trinajstić information content (AvgIpc) is 2.65. The van der Waals surface area contributed by atoms with Crippen molar-refractivity contribution in [2.75, 3.05) is 14.1 Å². The van der Waals surface area contributed by atoms with Crippen molar-refractivity contribution in [3.63, 3.8) is 0 Å². The van der Waals surface area contributed by atoms with Crippen molar-refractivity contribution in [3.05, 3.63) is 41.9 Å². The lowest BCUT2D eigenvalue weighted by Gasteiger charge is -2.12. The maximum absolute atomic E-state index is 12.2. The highest BCUT2D eigenvalue weighted by molar-refractivity contribution is 7.81. The topological polar surface area (TPSA) is 38.1 Å². The van der Waals surface area contributed by atoms with Gasteiger partial charge in [-0.2, -0.15) is 0 Å². The molecule has 2 rings (SSSR count).